The Hall–Kier alpha value is -2.12. The van der Waals surface area contributed by atoms with Gasteiger partial charge in [-0.25, -0.2) is 9.67 Å². The van der Waals surface area contributed by atoms with Crippen molar-refractivity contribution in [2.45, 2.75) is 18.9 Å². The standard InChI is InChI=1S/C18H18FN5S/c19-18-4-1-13(9-20-18)16-2-3-17(25-16)14-10-24(22-21-14)15-11-23-7-5-12(15)6-8-23/h1-4,9-10,12,15H,5-8,11H2. The number of rotatable bonds is 3. The molecule has 0 spiro atoms. The van der Waals surface area contributed by atoms with Gasteiger partial charge in [0.25, 0.3) is 0 Å². The molecule has 6 rings (SSSR count). The van der Waals surface area contributed by atoms with Crippen LogP contribution < -0.4 is 0 Å². The summed E-state index contributed by atoms with van der Waals surface area (Å²) in [6.07, 6.45) is 6.17. The molecule has 7 heteroatoms. The van der Waals surface area contributed by atoms with Gasteiger partial charge in [0.2, 0.25) is 5.95 Å². The van der Waals surface area contributed by atoms with Crippen molar-refractivity contribution in [2.75, 3.05) is 19.6 Å². The maximum absolute atomic E-state index is 13.0. The van der Waals surface area contributed by atoms with Gasteiger partial charge in [-0.2, -0.15) is 4.39 Å². The minimum absolute atomic E-state index is 0.449. The van der Waals surface area contributed by atoms with Gasteiger partial charge in [-0.05, 0) is 56.1 Å². The highest BCUT2D eigenvalue weighted by atomic mass is 32.1. The Labute approximate surface area is 149 Å². The first-order valence-electron chi connectivity index (χ1n) is 8.62. The highest BCUT2D eigenvalue weighted by Gasteiger charge is 2.35. The first-order chi connectivity index (χ1) is 12.3. The number of fused-ring (bicyclic) bond motifs is 3. The van der Waals surface area contributed by atoms with Gasteiger partial charge in [0.15, 0.2) is 0 Å². The Balaban J connectivity index is 1.40. The summed E-state index contributed by atoms with van der Waals surface area (Å²) < 4.78 is 15.0. The van der Waals surface area contributed by atoms with Crippen molar-refractivity contribution >= 4 is 11.3 Å². The lowest BCUT2D eigenvalue weighted by molar-refractivity contribution is 0.0504. The van der Waals surface area contributed by atoms with Crippen LogP contribution in [-0.4, -0.2) is 44.5 Å². The topological polar surface area (TPSA) is 46.8 Å². The summed E-state index contributed by atoms with van der Waals surface area (Å²) in [6.45, 7) is 3.54. The number of pyridine rings is 1. The summed E-state index contributed by atoms with van der Waals surface area (Å²) in [6, 6.07) is 7.67. The molecule has 3 aromatic rings. The molecule has 3 aliphatic rings. The summed E-state index contributed by atoms with van der Waals surface area (Å²) in [7, 11) is 0. The Morgan fingerprint density at radius 3 is 2.64 bits per heavy atom. The van der Waals surface area contributed by atoms with Crippen molar-refractivity contribution in [3.05, 3.63) is 42.6 Å². The van der Waals surface area contributed by atoms with E-state index in [1.54, 1.807) is 23.6 Å². The molecule has 6 heterocycles. The molecule has 3 fully saturated rings. The molecule has 3 aliphatic heterocycles. The maximum atomic E-state index is 13.0. The first-order valence-corrected chi connectivity index (χ1v) is 9.44. The van der Waals surface area contributed by atoms with Crippen LogP contribution in [0.1, 0.15) is 18.9 Å². The van der Waals surface area contributed by atoms with E-state index in [0.29, 0.717) is 6.04 Å². The molecule has 0 aromatic carbocycles. The van der Waals surface area contributed by atoms with Gasteiger partial charge in [0.1, 0.15) is 5.69 Å². The third-order valence-electron chi connectivity index (χ3n) is 5.34. The third-order valence-corrected chi connectivity index (χ3v) is 6.50. The van der Waals surface area contributed by atoms with Crippen molar-refractivity contribution in [1.82, 2.24) is 24.9 Å². The van der Waals surface area contributed by atoms with Gasteiger partial charge < -0.3 is 4.90 Å². The summed E-state index contributed by atoms with van der Waals surface area (Å²) in [5.41, 5.74) is 1.82. The van der Waals surface area contributed by atoms with E-state index in [0.717, 1.165) is 33.5 Å². The molecule has 1 unspecified atom stereocenters. The molecule has 0 radical (unpaired) electrons. The number of thiophene rings is 1. The molecule has 0 aliphatic carbocycles. The van der Waals surface area contributed by atoms with E-state index in [9.17, 15) is 4.39 Å². The van der Waals surface area contributed by atoms with E-state index < -0.39 is 5.95 Å². The number of nitrogens with zero attached hydrogens (tertiary/aromatic N) is 5. The molecule has 2 bridgehead atoms. The molecule has 3 aromatic heterocycles. The fourth-order valence-corrected chi connectivity index (χ4v) is 4.88. The van der Waals surface area contributed by atoms with Gasteiger partial charge in [-0.1, -0.05) is 5.21 Å². The second kappa shape index (κ2) is 6.00. The van der Waals surface area contributed by atoms with Crippen LogP contribution in [-0.2, 0) is 0 Å². The molecule has 0 N–H and O–H groups in total. The lowest BCUT2D eigenvalue weighted by atomic mass is 9.84. The normalized spacial score (nSPS) is 25.4. The molecule has 25 heavy (non-hydrogen) atoms. The van der Waals surface area contributed by atoms with Crippen LogP contribution in [0.25, 0.3) is 21.0 Å². The average Bonchev–Trinajstić information content (AvgIpc) is 3.33. The third kappa shape index (κ3) is 2.77. The molecule has 1 atom stereocenters. The lowest BCUT2D eigenvalue weighted by Gasteiger charge is -2.44. The Morgan fingerprint density at radius 1 is 1.08 bits per heavy atom. The van der Waals surface area contributed by atoms with Crippen molar-refractivity contribution < 1.29 is 4.39 Å². The number of hydrogen-bond donors (Lipinski definition) is 0. The molecule has 3 saturated heterocycles. The summed E-state index contributed by atoms with van der Waals surface area (Å²) in [5, 5.41) is 8.81. The molecule has 0 saturated carbocycles. The molecule has 5 nitrogen and oxygen atoms in total. The zero-order valence-corrected chi connectivity index (χ0v) is 14.5. The second-order valence-electron chi connectivity index (χ2n) is 6.82. The highest BCUT2D eigenvalue weighted by molar-refractivity contribution is 7.18. The monoisotopic (exact) mass is 355 g/mol. The number of piperidine rings is 3. The number of aromatic nitrogens is 4. The van der Waals surface area contributed by atoms with E-state index in [2.05, 4.69) is 31.1 Å². The Morgan fingerprint density at radius 2 is 1.92 bits per heavy atom. The van der Waals surface area contributed by atoms with E-state index in [4.69, 9.17) is 0 Å². The van der Waals surface area contributed by atoms with Crippen LogP contribution in [0.3, 0.4) is 0 Å². The van der Waals surface area contributed by atoms with Crippen LogP contribution >= 0.6 is 11.3 Å². The zero-order chi connectivity index (χ0) is 16.8. The van der Waals surface area contributed by atoms with Gasteiger partial charge >= 0.3 is 0 Å². The summed E-state index contributed by atoms with van der Waals surface area (Å²) in [5.74, 6) is 0.268. The lowest BCUT2D eigenvalue weighted by Crippen LogP contribution is -2.48. The minimum Gasteiger partial charge on any atom is -0.301 e. The van der Waals surface area contributed by atoms with Gasteiger partial charge in [-0.3, -0.25) is 0 Å². The van der Waals surface area contributed by atoms with E-state index >= 15 is 0 Å². The highest BCUT2D eigenvalue weighted by Crippen LogP contribution is 2.37. The van der Waals surface area contributed by atoms with Crippen molar-refractivity contribution in [3.63, 3.8) is 0 Å². The number of hydrogen-bond acceptors (Lipinski definition) is 5. The van der Waals surface area contributed by atoms with Crippen LogP contribution in [0.15, 0.2) is 36.7 Å². The number of halogens is 1. The van der Waals surface area contributed by atoms with Crippen LogP contribution in [0, 0.1) is 11.9 Å². The smallest absolute Gasteiger partial charge is 0.212 e. The van der Waals surface area contributed by atoms with Crippen LogP contribution in [0.4, 0.5) is 4.39 Å². The molecule has 0 amide bonds. The molecular weight excluding hydrogens is 337 g/mol. The van der Waals surface area contributed by atoms with Crippen LogP contribution in [0.2, 0.25) is 0 Å². The predicted octanol–water partition coefficient (Wildman–Crippen LogP) is 3.47. The second-order valence-corrected chi connectivity index (χ2v) is 7.91. The first kappa shape index (κ1) is 15.2. The van der Waals surface area contributed by atoms with Gasteiger partial charge in [-0.15, -0.1) is 16.4 Å². The quantitative estimate of drug-likeness (QED) is 0.675. The maximum Gasteiger partial charge on any atom is 0.212 e. The van der Waals surface area contributed by atoms with E-state index in [1.165, 1.54) is 32.0 Å². The molecular formula is C18H18FN5S. The van der Waals surface area contributed by atoms with Crippen molar-refractivity contribution in [1.29, 1.82) is 0 Å². The fraction of sp³-hybridized carbons (Fsp3) is 0.389. The largest absolute Gasteiger partial charge is 0.301 e. The Bertz CT molecular complexity index is 879. The van der Waals surface area contributed by atoms with Gasteiger partial charge in [0.05, 0.1) is 17.1 Å². The minimum atomic E-state index is -0.457. The summed E-state index contributed by atoms with van der Waals surface area (Å²) >= 11 is 1.63. The van der Waals surface area contributed by atoms with E-state index in [-0.39, 0.29) is 0 Å². The summed E-state index contributed by atoms with van der Waals surface area (Å²) in [4.78, 5) is 8.38. The zero-order valence-electron chi connectivity index (χ0n) is 13.7. The predicted molar refractivity (Wildman–Crippen MR) is 94.7 cm³/mol. The van der Waals surface area contributed by atoms with Crippen LogP contribution in [0.5, 0.6) is 0 Å². The van der Waals surface area contributed by atoms with Crippen molar-refractivity contribution in [2.24, 2.45) is 5.92 Å². The Kier molecular flexibility index (Phi) is 3.64. The van der Waals surface area contributed by atoms with E-state index in [1.807, 2.05) is 12.1 Å². The molecule has 128 valence electrons. The van der Waals surface area contributed by atoms with Crippen molar-refractivity contribution in [3.8, 4) is 21.0 Å². The SMILES string of the molecule is Fc1ccc(-c2ccc(-c3cn(C4CN5CCC4CC5)nn3)s2)cn1. The average molecular weight is 355 g/mol. The fourth-order valence-electron chi connectivity index (χ4n) is 3.94. The van der Waals surface area contributed by atoms with Gasteiger partial charge in [0, 0.05) is 23.2 Å².